The summed E-state index contributed by atoms with van der Waals surface area (Å²) in [5.74, 6) is 1.13. The number of aryl methyl sites for hydroxylation is 1. The minimum Gasteiger partial charge on any atom is -0.175 e. The Bertz CT molecular complexity index is 1160. The number of hydrogen-bond acceptors (Lipinski definition) is 2. The van der Waals surface area contributed by atoms with Crippen molar-refractivity contribution in [1.82, 2.24) is 0 Å². The van der Waals surface area contributed by atoms with Crippen LogP contribution in [0.2, 0.25) is 0 Å². The van der Waals surface area contributed by atoms with Crippen LogP contribution in [-0.4, -0.2) is 11.0 Å². The first-order chi connectivity index (χ1) is 29.8. The smallest absolute Gasteiger partial charge is 0.0183 e. The van der Waals surface area contributed by atoms with Gasteiger partial charge in [0.05, 0.1) is 0 Å². The normalized spacial score (nSPS) is 12.2. The maximum absolute atomic E-state index is 5.09. The summed E-state index contributed by atoms with van der Waals surface area (Å²) < 4.78 is 0. The first kappa shape index (κ1) is 55.5. The average Bonchev–Trinajstić information content (AvgIpc) is 3.26. The third kappa shape index (κ3) is 33.0. The highest BCUT2D eigenvalue weighted by Gasteiger charge is 2.12. The lowest BCUT2D eigenvalue weighted by atomic mass is 10.0. The Morgan fingerprint density at radius 2 is 0.683 bits per heavy atom. The molecule has 0 bridgehead atoms. The fourth-order valence-corrected chi connectivity index (χ4v) is 11.1. The van der Waals surface area contributed by atoms with Crippen molar-refractivity contribution in [2.75, 3.05) is 5.75 Å². The zero-order valence-corrected chi connectivity index (χ0v) is 42.4. The van der Waals surface area contributed by atoms with Gasteiger partial charge < -0.3 is 0 Å². The second-order valence-electron chi connectivity index (χ2n) is 19.4. The summed E-state index contributed by atoms with van der Waals surface area (Å²) >= 11 is 7.18. The number of thiol groups is 1. The van der Waals surface area contributed by atoms with Crippen LogP contribution < -0.4 is 0 Å². The molecule has 1 atom stereocenters. The maximum atomic E-state index is 5.09. The molecule has 0 radical (unpaired) electrons. The molecule has 0 fully saturated rings. The van der Waals surface area contributed by atoms with Crippen molar-refractivity contribution in [2.45, 2.75) is 307 Å². The molecule has 0 aromatic heterocycles. The molecule has 1 unspecified atom stereocenters. The van der Waals surface area contributed by atoms with Crippen LogP contribution in [0.1, 0.15) is 296 Å². The highest BCUT2D eigenvalue weighted by molar-refractivity contribution is 8.00. The number of thioether (sulfide) groups is 1. The molecule has 0 heterocycles. The summed E-state index contributed by atoms with van der Waals surface area (Å²) in [5, 5.41) is 3.34. The Morgan fingerprint density at radius 3 is 1.05 bits per heavy atom. The molecule has 2 rings (SSSR count). The van der Waals surface area contributed by atoms with Crippen LogP contribution in [-0.2, 0) is 6.42 Å². The quantitative estimate of drug-likeness (QED) is 0.0393. The number of rotatable bonds is 47. The molecule has 0 aliphatic rings. The lowest BCUT2D eigenvalue weighted by Crippen LogP contribution is -2.03. The predicted molar refractivity (Wildman–Crippen MR) is 281 cm³/mol. The zero-order chi connectivity index (χ0) is 42.7. The molecule has 0 N–H and O–H groups in total. The van der Waals surface area contributed by atoms with Crippen LogP contribution in [0.3, 0.4) is 0 Å². The fraction of sp³-hybridized carbons (Fsp3) is 0.828. The monoisotopic (exact) mass is 865 g/mol. The van der Waals surface area contributed by atoms with Gasteiger partial charge in [0.2, 0.25) is 0 Å². The van der Waals surface area contributed by atoms with Crippen LogP contribution in [0.25, 0.3) is 10.8 Å². The van der Waals surface area contributed by atoms with Gasteiger partial charge in [0, 0.05) is 15.9 Å². The van der Waals surface area contributed by atoms with E-state index in [1.54, 1.807) is 5.56 Å². The van der Waals surface area contributed by atoms with Crippen LogP contribution in [0.4, 0.5) is 0 Å². The Balaban J connectivity index is 1.39. The third-order valence-corrected chi connectivity index (χ3v) is 15.6. The minimum absolute atomic E-state index is 0.492. The number of unbranched alkanes of at least 4 members (excludes halogenated alkanes) is 40. The molecular weight excluding hydrogens is 761 g/mol. The first-order valence-corrected chi connectivity index (χ1v) is 29.1. The van der Waals surface area contributed by atoms with E-state index in [0.717, 1.165) is 5.75 Å². The Morgan fingerprint density at radius 1 is 0.367 bits per heavy atom. The van der Waals surface area contributed by atoms with Crippen LogP contribution >= 0.6 is 24.4 Å². The number of fused-ring (bicyclic) bond motifs is 1. The molecule has 0 nitrogen and oxygen atoms in total. The van der Waals surface area contributed by atoms with Crippen molar-refractivity contribution in [3.05, 3.63) is 42.0 Å². The van der Waals surface area contributed by atoms with E-state index in [1.807, 2.05) is 0 Å². The predicted octanol–water partition coefficient (Wildman–Crippen LogP) is 21.6. The van der Waals surface area contributed by atoms with Gasteiger partial charge in [0.1, 0.15) is 0 Å². The van der Waals surface area contributed by atoms with Gasteiger partial charge >= 0.3 is 0 Å². The molecular formula is C58H104S2. The molecule has 2 aromatic rings. The molecule has 348 valence electrons. The van der Waals surface area contributed by atoms with Crippen molar-refractivity contribution in [1.29, 1.82) is 0 Å². The van der Waals surface area contributed by atoms with Crippen molar-refractivity contribution >= 4 is 35.2 Å². The van der Waals surface area contributed by atoms with Gasteiger partial charge in [0.25, 0.3) is 0 Å². The van der Waals surface area contributed by atoms with Gasteiger partial charge in [-0.3, -0.25) is 0 Å². The van der Waals surface area contributed by atoms with E-state index in [2.05, 4.69) is 62.0 Å². The van der Waals surface area contributed by atoms with Crippen molar-refractivity contribution in [2.24, 2.45) is 0 Å². The molecule has 0 saturated carbocycles. The van der Waals surface area contributed by atoms with Gasteiger partial charge in [-0.2, -0.15) is 12.6 Å². The summed E-state index contributed by atoms with van der Waals surface area (Å²) in [6.07, 6.45) is 63.3. The first-order valence-electron chi connectivity index (χ1n) is 27.6. The van der Waals surface area contributed by atoms with Gasteiger partial charge in [-0.25, -0.2) is 0 Å². The van der Waals surface area contributed by atoms with Gasteiger partial charge in [-0.05, 0) is 35.6 Å². The second kappa shape index (κ2) is 43.6. The number of hydrogen-bond donors (Lipinski definition) is 1. The van der Waals surface area contributed by atoms with E-state index in [9.17, 15) is 0 Å². The molecule has 2 heteroatoms. The average molecular weight is 866 g/mol. The van der Waals surface area contributed by atoms with Crippen LogP contribution in [0, 0.1) is 0 Å². The Hall–Kier alpha value is -0.600. The topological polar surface area (TPSA) is 0 Å². The SMILES string of the molecule is CCCCCCCCCCCCCCCCCCCCCCCCCCCCC(S)CSc1c(CCCCCCCCCCCCCCCCCC)ccc2ccccc12. The van der Waals surface area contributed by atoms with E-state index >= 15 is 0 Å². The number of benzene rings is 2. The largest absolute Gasteiger partial charge is 0.175 e. The molecule has 0 spiro atoms. The zero-order valence-electron chi connectivity index (χ0n) is 40.7. The molecule has 0 amide bonds. The summed E-state index contributed by atoms with van der Waals surface area (Å²) in [7, 11) is 0. The van der Waals surface area contributed by atoms with Crippen molar-refractivity contribution in [3.63, 3.8) is 0 Å². The Labute approximate surface area is 387 Å². The molecule has 60 heavy (non-hydrogen) atoms. The second-order valence-corrected chi connectivity index (χ2v) is 21.2. The van der Waals surface area contributed by atoms with E-state index in [4.69, 9.17) is 12.6 Å². The summed E-state index contributed by atoms with van der Waals surface area (Å²) in [6, 6.07) is 13.9. The molecule has 2 aromatic carbocycles. The Kier molecular flexibility index (Phi) is 40.4. The summed E-state index contributed by atoms with van der Waals surface area (Å²) in [5.41, 5.74) is 1.57. The highest BCUT2D eigenvalue weighted by atomic mass is 32.2. The fourth-order valence-electron chi connectivity index (χ4n) is 9.48. The minimum atomic E-state index is 0.492. The lowest BCUT2D eigenvalue weighted by Gasteiger charge is -2.16. The standard InChI is InChI=1S/C58H104S2/c1-3-5-7-9-11-13-15-17-19-21-22-23-24-25-26-27-28-29-30-32-34-36-38-40-42-44-49-56(59)53-60-58-55(52-51-54-47-45-46-50-57(54)58)48-43-41-39-37-35-33-31-20-18-16-14-12-10-8-6-4-2/h45-47,50-52,56,59H,3-44,48-49,53H2,1-2H3. The van der Waals surface area contributed by atoms with Gasteiger partial charge in [0.15, 0.2) is 0 Å². The lowest BCUT2D eigenvalue weighted by molar-refractivity contribution is 0.514. The highest BCUT2D eigenvalue weighted by Crippen LogP contribution is 2.34. The molecule has 0 aliphatic carbocycles. The van der Waals surface area contributed by atoms with Crippen LogP contribution in [0.5, 0.6) is 0 Å². The van der Waals surface area contributed by atoms with Crippen molar-refractivity contribution < 1.29 is 0 Å². The molecule has 0 saturated heterocycles. The van der Waals surface area contributed by atoms with Crippen LogP contribution in [0.15, 0.2) is 41.3 Å². The van der Waals surface area contributed by atoms with E-state index in [0.29, 0.717) is 5.25 Å². The van der Waals surface area contributed by atoms with E-state index in [1.165, 1.54) is 298 Å². The summed E-state index contributed by atoms with van der Waals surface area (Å²) in [4.78, 5) is 1.54. The van der Waals surface area contributed by atoms with E-state index in [-0.39, 0.29) is 0 Å². The maximum Gasteiger partial charge on any atom is 0.0183 e. The van der Waals surface area contributed by atoms with Gasteiger partial charge in [-0.15, -0.1) is 11.8 Å². The van der Waals surface area contributed by atoms with Crippen molar-refractivity contribution in [3.8, 4) is 0 Å². The van der Waals surface area contributed by atoms with E-state index < -0.39 is 0 Å². The van der Waals surface area contributed by atoms with Gasteiger partial charge in [-0.1, -0.05) is 313 Å². The molecule has 0 aliphatic heterocycles. The summed E-state index contributed by atoms with van der Waals surface area (Å²) in [6.45, 7) is 4.62. The third-order valence-electron chi connectivity index (χ3n) is 13.6.